The summed E-state index contributed by atoms with van der Waals surface area (Å²) in [6, 6.07) is 43.7. The summed E-state index contributed by atoms with van der Waals surface area (Å²) >= 11 is 0. The van der Waals surface area contributed by atoms with Gasteiger partial charge in [0.1, 0.15) is 0 Å². The number of hydrogen-bond donors (Lipinski definition) is 0. The number of nitrogens with zero attached hydrogens (tertiary/aromatic N) is 1. The summed E-state index contributed by atoms with van der Waals surface area (Å²) in [6.45, 7) is 7.01. The monoisotopic (exact) mass is 451 g/mol. The van der Waals surface area contributed by atoms with Gasteiger partial charge in [-0.2, -0.15) is 0 Å². The summed E-state index contributed by atoms with van der Waals surface area (Å²) in [5.41, 5.74) is 10.1. The average molecular weight is 452 g/mol. The normalized spacial score (nSPS) is 11.9. The molecular formula is C34H29N. The summed E-state index contributed by atoms with van der Waals surface area (Å²) in [7, 11) is 0. The molecule has 1 heteroatoms. The van der Waals surface area contributed by atoms with E-state index in [1.807, 2.05) is 0 Å². The number of para-hydroxylation sites is 1. The second kappa shape index (κ2) is 8.29. The molecule has 0 aliphatic heterocycles. The molecule has 0 atom stereocenters. The molecule has 0 unspecified atom stereocenters. The van der Waals surface area contributed by atoms with Crippen LogP contribution in [0.1, 0.15) is 26.3 Å². The zero-order chi connectivity index (χ0) is 24.0. The van der Waals surface area contributed by atoms with E-state index in [2.05, 4.69) is 147 Å². The lowest BCUT2D eigenvalue weighted by Crippen LogP contribution is -2.13. The quantitative estimate of drug-likeness (QED) is 0.252. The maximum Gasteiger partial charge on any atom is 0.0547 e. The predicted molar refractivity (Wildman–Crippen MR) is 150 cm³/mol. The highest BCUT2D eigenvalue weighted by molar-refractivity contribution is 6.18. The van der Waals surface area contributed by atoms with Gasteiger partial charge in [-0.15, -0.1) is 0 Å². The summed E-state index contributed by atoms with van der Waals surface area (Å²) in [6.07, 6.45) is 0. The van der Waals surface area contributed by atoms with Gasteiger partial charge in [0.25, 0.3) is 0 Å². The van der Waals surface area contributed by atoms with Crippen molar-refractivity contribution in [3.05, 3.63) is 127 Å². The van der Waals surface area contributed by atoms with Crippen LogP contribution in [0.25, 0.3) is 49.7 Å². The molecular weight excluding hydrogens is 422 g/mol. The van der Waals surface area contributed by atoms with Crippen LogP contribution in [0.2, 0.25) is 0 Å². The van der Waals surface area contributed by atoms with Crippen molar-refractivity contribution in [2.45, 2.75) is 26.2 Å². The first kappa shape index (κ1) is 21.4. The second-order valence-corrected chi connectivity index (χ2v) is 10.2. The van der Waals surface area contributed by atoms with Gasteiger partial charge >= 0.3 is 0 Å². The van der Waals surface area contributed by atoms with E-state index >= 15 is 0 Å². The molecule has 0 spiro atoms. The third-order valence-corrected chi connectivity index (χ3v) is 6.89. The van der Waals surface area contributed by atoms with Gasteiger partial charge in [-0.1, -0.05) is 118 Å². The lowest BCUT2D eigenvalue weighted by atomic mass is 9.78. The van der Waals surface area contributed by atoms with Gasteiger partial charge in [0.2, 0.25) is 0 Å². The van der Waals surface area contributed by atoms with Gasteiger partial charge in [-0.05, 0) is 57.5 Å². The van der Waals surface area contributed by atoms with Crippen LogP contribution in [0.15, 0.2) is 121 Å². The fourth-order valence-corrected chi connectivity index (χ4v) is 5.50. The highest BCUT2D eigenvalue weighted by Crippen LogP contribution is 2.46. The molecule has 1 aromatic heterocycles. The van der Waals surface area contributed by atoms with Gasteiger partial charge < -0.3 is 4.57 Å². The minimum Gasteiger partial charge on any atom is -0.309 e. The highest BCUT2D eigenvalue weighted by atomic mass is 15.0. The zero-order valence-corrected chi connectivity index (χ0v) is 20.5. The molecule has 1 nitrogen and oxygen atoms in total. The largest absolute Gasteiger partial charge is 0.309 e. The van der Waals surface area contributed by atoms with Crippen LogP contribution in [-0.4, -0.2) is 4.57 Å². The molecule has 0 fully saturated rings. The van der Waals surface area contributed by atoms with Gasteiger partial charge in [-0.25, -0.2) is 0 Å². The van der Waals surface area contributed by atoms with Gasteiger partial charge in [0, 0.05) is 16.5 Å². The predicted octanol–water partition coefficient (Wildman–Crippen LogP) is 9.42. The second-order valence-electron chi connectivity index (χ2n) is 10.2. The van der Waals surface area contributed by atoms with E-state index in [-0.39, 0.29) is 5.41 Å². The van der Waals surface area contributed by atoms with E-state index < -0.39 is 0 Å². The van der Waals surface area contributed by atoms with E-state index in [0.717, 1.165) is 0 Å². The molecule has 6 rings (SSSR count). The Kier molecular flexibility index (Phi) is 5.07. The minimum absolute atomic E-state index is 0.0513. The van der Waals surface area contributed by atoms with Crippen LogP contribution in [-0.2, 0) is 5.41 Å². The van der Waals surface area contributed by atoms with Crippen molar-refractivity contribution in [3.8, 4) is 27.9 Å². The van der Waals surface area contributed by atoms with Crippen molar-refractivity contribution in [3.63, 3.8) is 0 Å². The molecule has 0 saturated heterocycles. The number of rotatable bonds is 3. The van der Waals surface area contributed by atoms with E-state index in [9.17, 15) is 0 Å². The Morgan fingerprint density at radius 1 is 0.457 bits per heavy atom. The Bertz CT molecular complexity index is 1630. The van der Waals surface area contributed by atoms with Crippen LogP contribution in [0.5, 0.6) is 0 Å². The fraction of sp³-hybridized carbons (Fsp3) is 0.118. The molecule has 0 radical (unpaired) electrons. The Morgan fingerprint density at radius 2 is 1.00 bits per heavy atom. The number of fused-ring (bicyclic) bond motifs is 3. The van der Waals surface area contributed by atoms with Crippen molar-refractivity contribution in [2.24, 2.45) is 0 Å². The van der Waals surface area contributed by atoms with Gasteiger partial charge in [0.15, 0.2) is 0 Å². The Hall–Kier alpha value is -4.10. The molecule has 0 N–H and O–H groups in total. The molecule has 0 aliphatic carbocycles. The summed E-state index contributed by atoms with van der Waals surface area (Å²) in [5, 5.41) is 2.66. The molecule has 0 saturated carbocycles. The molecule has 5 aromatic carbocycles. The zero-order valence-electron chi connectivity index (χ0n) is 20.5. The maximum atomic E-state index is 2.43. The van der Waals surface area contributed by atoms with Crippen LogP contribution < -0.4 is 0 Å². The van der Waals surface area contributed by atoms with Crippen molar-refractivity contribution in [1.29, 1.82) is 0 Å². The molecule has 0 amide bonds. The maximum absolute atomic E-state index is 2.43. The third kappa shape index (κ3) is 3.56. The number of hydrogen-bond acceptors (Lipinski definition) is 0. The Labute approximate surface area is 207 Å². The highest BCUT2D eigenvalue weighted by Gasteiger charge is 2.27. The first-order valence-corrected chi connectivity index (χ1v) is 12.3. The van der Waals surface area contributed by atoms with Gasteiger partial charge in [0.05, 0.1) is 11.0 Å². The lowest BCUT2D eigenvalue weighted by molar-refractivity contribution is 0.598. The number of aromatic nitrogens is 1. The van der Waals surface area contributed by atoms with Crippen molar-refractivity contribution in [1.82, 2.24) is 4.57 Å². The Morgan fingerprint density at radius 3 is 1.60 bits per heavy atom. The van der Waals surface area contributed by atoms with Crippen molar-refractivity contribution in [2.75, 3.05) is 0 Å². The summed E-state index contributed by atoms with van der Waals surface area (Å²) in [4.78, 5) is 0. The van der Waals surface area contributed by atoms with Crippen molar-refractivity contribution < 1.29 is 0 Å². The molecule has 1 heterocycles. The molecule has 170 valence electrons. The van der Waals surface area contributed by atoms with E-state index in [0.29, 0.717) is 0 Å². The van der Waals surface area contributed by atoms with Crippen molar-refractivity contribution >= 4 is 21.8 Å². The molecule has 0 bridgehead atoms. The first-order valence-electron chi connectivity index (χ1n) is 12.3. The smallest absolute Gasteiger partial charge is 0.0547 e. The minimum atomic E-state index is -0.0513. The van der Waals surface area contributed by atoms with Crippen LogP contribution in [0, 0.1) is 0 Å². The topological polar surface area (TPSA) is 4.93 Å². The lowest BCUT2D eigenvalue weighted by Gasteiger charge is -2.25. The SMILES string of the molecule is CC(C)(C)c1c(-c2ccccc2)ccc2c1c1c(-c3ccccc3)cccc1n2-c1ccccc1. The Balaban J connectivity index is 1.86. The standard InChI is InChI=1S/C34H29N/c1-34(2,3)33-28(25-16-9-5-10-17-25)22-23-30-32(33)31-27(24-14-7-4-8-15-24)20-13-21-29(31)35(30)26-18-11-6-12-19-26/h4-23H,1-3H3. The van der Waals surface area contributed by atoms with Crippen LogP contribution in [0.3, 0.4) is 0 Å². The van der Waals surface area contributed by atoms with E-state index in [1.165, 1.54) is 55.3 Å². The molecule has 0 aliphatic rings. The molecule has 35 heavy (non-hydrogen) atoms. The van der Waals surface area contributed by atoms with Crippen LogP contribution in [0.4, 0.5) is 0 Å². The summed E-state index contributed by atoms with van der Waals surface area (Å²) in [5.74, 6) is 0. The van der Waals surface area contributed by atoms with E-state index in [4.69, 9.17) is 0 Å². The first-order chi connectivity index (χ1) is 17.0. The average Bonchev–Trinajstić information content (AvgIpc) is 3.23. The van der Waals surface area contributed by atoms with E-state index in [1.54, 1.807) is 0 Å². The fourth-order valence-electron chi connectivity index (χ4n) is 5.50. The van der Waals surface area contributed by atoms with Gasteiger partial charge in [-0.3, -0.25) is 0 Å². The number of benzene rings is 5. The molecule has 6 aromatic rings. The summed E-state index contributed by atoms with van der Waals surface area (Å²) < 4.78 is 2.43. The third-order valence-electron chi connectivity index (χ3n) is 6.89. The van der Waals surface area contributed by atoms with Crippen LogP contribution >= 0.6 is 0 Å².